The first-order valence-electron chi connectivity index (χ1n) is 10.5. The Kier molecular flexibility index (Phi) is 5.54. The van der Waals surface area contributed by atoms with Gasteiger partial charge < -0.3 is 5.32 Å². The van der Waals surface area contributed by atoms with Crippen molar-refractivity contribution in [1.82, 2.24) is 10.3 Å². The molecule has 1 aromatic rings. The second kappa shape index (κ2) is 7.74. The number of thioether (sulfide) groups is 1. The predicted molar refractivity (Wildman–Crippen MR) is 108 cm³/mol. The molecule has 0 unspecified atom stereocenters. The first-order valence-corrected chi connectivity index (χ1v) is 11.5. The maximum Gasteiger partial charge on any atom is 0.433 e. The second-order valence-corrected chi connectivity index (χ2v) is 10.4. The molecule has 0 aliphatic heterocycles. The van der Waals surface area contributed by atoms with Crippen LogP contribution in [0.4, 0.5) is 13.2 Å². The van der Waals surface area contributed by atoms with Gasteiger partial charge in [-0.15, -0.1) is 0 Å². The molecule has 162 valence electrons. The molecule has 8 heteroatoms. The summed E-state index contributed by atoms with van der Waals surface area (Å²) in [6, 6.07) is 2.83. The van der Waals surface area contributed by atoms with E-state index < -0.39 is 11.9 Å². The summed E-state index contributed by atoms with van der Waals surface area (Å²) < 4.78 is 39.2. The van der Waals surface area contributed by atoms with Crippen LogP contribution in [-0.2, 0) is 11.0 Å². The smallest absolute Gasteiger partial charge is 0.352 e. The van der Waals surface area contributed by atoms with Crippen LogP contribution in [-0.4, -0.2) is 22.7 Å². The number of hydrogen-bond acceptors (Lipinski definition) is 4. The normalized spacial score (nSPS) is 30.7. The summed E-state index contributed by atoms with van der Waals surface area (Å²) in [6.07, 6.45) is 2.89. The van der Waals surface area contributed by atoms with E-state index in [9.17, 15) is 23.2 Å². The minimum absolute atomic E-state index is 0.0394. The van der Waals surface area contributed by atoms with Gasteiger partial charge in [0.25, 0.3) is 0 Å². The molecule has 0 spiro atoms. The Morgan fingerprint density at radius 2 is 1.87 bits per heavy atom. The van der Waals surface area contributed by atoms with E-state index in [4.69, 9.17) is 0 Å². The monoisotopic (exact) mass is 437 g/mol. The van der Waals surface area contributed by atoms with Gasteiger partial charge in [-0.25, -0.2) is 4.98 Å². The summed E-state index contributed by atoms with van der Waals surface area (Å²) in [5, 5.41) is 12.4. The molecule has 30 heavy (non-hydrogen) atoms. The van der Waals surface area contributed by atoms with Crippen LogP contribution >= 0.6 is 11.8 Å². The fraction of sp³-hybridized carbons (Fsp3) is 0.682. The van der Waals surface area contributed by atoms with Gasteiger partial charge in [0.05, 0.1) is 11.3 Å². The molecule has 4 saturated carbocycles. The molecular formula is C22H26F3N3OS. The summed E-state index contributed by atoms with van der Waals surface area (Å²) in [7, 11) is 0. The van der Waals surface area contributed by atoms with Crippen LogP contribution in [0, 0.1) is 41.4 Å². The van der Waals surface area contributed by atoms with Crippen LogP contribution in [0.1, 0.15) is 62.3 Å². The minimum Gasteiger partial charge on any atom is -0.352 e. The Labute approximate surface area is 179 Å². The average molecular weight is 438 g/mol. The Hall–Kier alpha value is -1.75. The van der Waals surface area contributed by atoms with Gasteiger partial charge in [0, 0.05) is 6.04 Å². The molecule has 1 atom stereocenters. The zero-order chi connectivity index (χ0) is 21.7. The van der Waals surface area contributed by atoms with Crippen molar-refractivity contribution in [3.8, 4) is 6.07 Å². The van der Waals surface area contributed by atoms with E-state index in [0.717, 1.165) is 35.6 Å². The summed E-state index contributed by atoms with van der Waals surface area (Å²) in [5.74, 6) is 2.06. The fourth-order valence-electron chi connectivity index (χ4n) is 6.31. The number of nitriles is 1. The van der Waals surface area contributed by atoms with Crippen molar-refractivity contribution in [3.05, 3.63) is 22.9 Å². The van der Waals surface area contributed by atoms with Crippen molar-refractivity contribution < 1.29 is 18.0 Å². The van der Waals surface area contributed by atoms with Crippen molar-refractivity contribution in [2.75, 3.05) is 5.75 Å². The number of carbonyl (C=O) groups excluding carboxylic acids is 1. The summed E-state index contributed by atoms with van der Waals surface area (Å²) in [5.41, 5.74) is -0.568. The van der Waals surface area contributed by atoms with Crippen LogP contribution in [0.5, 0.6) is 0 Å². The van der Waals surface area contributed by atoms with Gasteiger partial charge >= 0.3 is 6.18 Å². The minimum atomic E-state index is -4.59. The maximum absolute atomic E-state index is 13.1. The lowest BCUT2D eigenvalue weighted by atomic mass is 9.48. The number of alkyl halides is 3. The van der Waals surface area contributed by atoms with Crippen molar-refractivity contribution in [1.29, 1.82) is 5.26 Å². The second-order valence-electron chi connectivity index (χ2n) is 9.47. The molecule has 1 aromatic heterocycles. The van der Waals surface area contributed by atoms with Gasteiger partial charge in [-0.1, -0.05) is 11.8 Å². The first kappa shape index (κ1) is 21.5. The van der Waals surface area contributed by atoms with E-state index in [1.165, 1.54) is 45.4 Å². The number of aryl methyl sites for hydroxylation is 1. The third-order valence-corrected chi connectivity index (χ3v) is 8.28. The van der Waals surface area contributed by atoms with E-state index in [1.807, 2.05) is 6.07 Å². The zero-order valence-electron chi connectivity index (χ0n) is 17.2. The van der Waals surface area contributed by atoms with E-state index in [2.05, 4.69) is 17.2 Å². The topological polar surface area (TPSA) is 65.8 Å². The molecule has 4 aliphatic carbocycles. The Morgan fingerprint density at radius 3 is 2.37 bits per heavy atom. The Bertz CT molecular complexity index is 858. The number of halogens is 3. The average Bonchev–Trinajstić information content (AvgIpc) is 2.64. The number of nitrogens with one attached hydrogen (secondary N) is 1. The Balaban J connectivity index is 1.42. The van der Waals surface area contributed by atoms with Crippen LogP contribution in [0.3, 0.4) is 0 Å². The molecule has 1 amide bonds. The molecule has 4 nitrogen and oxygen atoms in total. The molecule has 4 bridgehead atoms. The van der Waals surface area contributed by atoms with Crippen LogP contribution in [0.2, 0.25) is 0 Å². The highest BCUT2D eigenvalue weighted by Gasteiger charge is 2.53. The van der Waals surface area contributed by atoms with Gasteiger partial charge in [0.1, 0.15) is 16.8 Å². The van der Waals surface area contributed by atoms with E-state index >= 15 is 0 Å². The van der Waals surface area contributed by atoms with E-state index in [-0.39, 0.29) is 39.3 Å². The van der Waals surface area contributed by atoms with Crippen molar-refractivity contribution in [2.24, 2.45) is 23.2 Å². The number of pyridine rings is 1. The molecule has 0 radical (unpaired) electrons. The third-order valence-electron chi connectivity index (χ3n) is 7.31. The molecule has 1 N–H and O–H groups in total. The molecule has 5 rings (SSSR count). The van der Waals surface area contributed by atoms with Crippen molar-refractivity contribution in [2.45, 2.75) is 69.6 Å². The highest BCUT2D eigenvalue weighted by Crippen LogP contribution is 2.61. The maximum atomic E-state index is 13.1. The molecule has 0 saturated heterocycles. The lowest BCUT2D eigenvalue weighted by Crippen LogP contribution is -2.56. The van der Waals surface area contributed by atoms with Gasteiger partial charge in [0.15, 0.2) is 0 Å². The number of rotatable bonds is 5. The van der Waals surface area contributed by atoms with Crippen LogP contribution in [0.15, 0.2) is 11.1 Å². The lowest BCUT2D eigenvalue weighted by Gasteiger charge is -2.59. The molecule has 4 aliphatic rings. The lowest BCUT2D eigenvalue weighted by molar-refractivity contribution is -0.141. The highest BCUT2D eigenvalue weighted by atomic mass is 32.2. The van der Waals surface area contributed by atoms with Crippen molar-refractivity contribution in [3.63, 3.8) is 0 Å². The predicted octanol–water partition coefficient (Wildman–Crippen LogP) is 5.09. The number of hydrogen-bond donors (Lipinski definition) is 1. The number of amides is 1. The molecule has 0 aromatic carbocycles. The zero-order valence-corrected chi connectivity index (χ0v) is 18.0. The third kappa shape index (κ3) is 4.05. The number of aromatic nitrogens is 1. The molecular weight excluding hydrogens is 411 g/mol. The quantitative estimate of drug-likeness (QED) is 0.652. The largest absolute Gasteiger partial charge is 0.433 e. The summed E-state index contributed by atoms with van der Waals surface area (Å²) >= 11 is 0.898. The molecule has 4 fully saturated rings. The van der Waals surface area contributed by atoms with Gasteiger partial charge in [-0.3, -0.25) is 4.79 Å². The number of nitrogens with zero attached hydrogens (tertiary/aromatic N) is 2. The summed E-state index contributed by atoms with van der Waals surface area (Å²) in [6.45, 7) is 3.53. The van der Waals surface area contributed by atoms with Gasteiger partial charge in [-0.2, -0.15) is 18.4 Å². The van der Waals surface area contributed by atoms with Crippen molar-refractivity contribution >= 4 is 17.7 Å². The van der Waals surface area contributed by atoms with E-state index in [0.29, 0.717) is 0 Å². The van der Waals surface area contributed by atoms with Gasteiger partial charge in [-0.05, 0) is 87.2 Å². The fourth-order valence-corrected chi connectivity index (χ4v) is 7.17. The van der Waals surface area contributed by atoms with E-state index in [1.54, 1.807) is 0 Å². The summed E-state index contributed by atoms with van der Waals surface area (Å²) in [4.78, 5) is 16.2. The van der Waals surface area contributed by atoms with Crippen LogP contribution < -0.4 is 5.32 Å². The highest BCUT2D eigenvalue weighted by molar-refractivity contribution is 8.00. The Morgan fingerprint density at radius 1 is 1.30 bits per heavy atom. The molecule has 1 heterocycles. The van der Waals surface area contributed by atoms with Gasteiger partial charge in [0.2, 0.25) is 5.91 Å². The van der Waals surface area contributed by atoms with Crippen LogP contribution in [0.25, 0.3) is 0 Å². The first-order chi connectivity index (χ1) is 14.1. The SMILES string of the molecule is Cc1cc(C(F)(F)F)nc(SCC(=O)N[C@H](C)C23CC4CC(CC(C4)C2)C3)c1C#N. The number of carbonyl (C=O) groups is 1. The standard InChI is InChI=1S/C22H26F3N3OS/c1-12-3-18(22(23,24)25)28-20(17(12)10-26)30-11-19(29)27-13(2)21-7-14-4-15(8-21)6-16(5-14)9-21/h3,13-16H,4-9,11H2,1-2H3,(H,27,29)/t13-,14?,15?,16?,21?/m1/s1.